The molecule has 0 saturated carbocycles. The smallest absolute Gasteiger partial charge is 0.271 e. The zero-order valence-corrected chi connectivity index (χ0v) is 26.3. The molecule has 3 aromatic carbocycles. The number of nitrogens with zero attached hydrogens (tertiary/aromatic N) is 3. The maximum atomic E-state index is 14.0. The Kier molecular flexibility index (Phi) is 9.23. The normalized spacial score (nSPS) is 14.9. The summed E-state index contributed by atoms with van der Waals surface area (Å²) in [5.74, 6) is 0.506. The van der Waals surface area contributed by atoms with Crippen molar-refractivity contribution in [1.29, 1.82) is 0 Å². The lowest BCUT2D eigenvalue weighted by Gasteiger charge is -2.29. The van der Waals surface area contributed by atoms with Gasteiger partial charge >= 0.3 is 0 Å². The molecular formula is C32H28Cl3N3O3S. The third-order valence-corrected chi connectivity index (χ3v) is 9.01. The van der Waals surface area contributed by atoms with E-state index in [4.69, 9.17) is 44.5 Å². The van der Waals surface area contributed by atoms with Crippen molar-refractivity contribution in [2.75, 3.05) is 13.1 Å². The molecule has 0 N–H and O–H groups in total. The van der Waals surface area contributed by atoms with Crippen LogP contribution in [0.3, 0.4) is 0 Å². The Hall–Kier alpha value is -3.36. The van der Waals surface area contributed by atoms with E-state index in [1.165, 1.54) is 11.3 Å². The second-order valence-corrected chi connectivity index (χ2v) is 12.0. The monoisotopic (exact) mass is 639 g/mol. The van der Waals surface area contributed by atoms with Crippen LogP contribution in [0.1, 0.15) is 43.5 Å². The van der Waals surface area contributed by atoms with E-state index in [2.05, 4.69) is 0 Å². The summed E-state index contributed by atoms with van der Waals surface area (Å²) in [5, 5.41) is 1.53. The summed E-state index contributed by atoms with van der Waals surface area (Å²) in [6.45, 7) is 7.11. The highest BCUT2D eigenvalue weighted by molar-refractivity contribution is 7.07. The van der Waals surface area contributed by atoms with Crippen molar-refractivity contribution >= 4 is 58.1 Å². The van der Waals surface area contributed by atoms with Gasteiger partial charge in [0, 0.05) is 18.1 Å². The average molecular weight is 641 g/mol. The number of benzene rings is 3. The van der Waals surface area contributed by atoms with Crippen LogP contribution in [0, 0.1) is 0 Å². The van der Waals surface area contributed by atoms with Gasteiger partial charge in [0.2, 0.25) is 0 Å². The highest BCUT2D eigenvalue weighted by Gasteiger charge is 2.34. The van der Waals surface area contributed by atoms with Crippen molar-refractivity contribution in [1.82, 2.24) is 9.47 Å². The molecule has 5 rings (SSSR count). The van der Waals surface area contributed by atoms with Crippen LogP contribution in [0.5, 0.6) is 5.75 Å². The molecule has 0 spiro atoms. The molecule has 42 heavy (non-hydrogen) atoms. The summed E-state index contributed by atoms with van der Waals surface area (Å²) in [5.41, 5.74) is 3.32. The van der Waals surface area contributed by atoms with Crippen LogP contribution in [-0.4, -0.2) is 28.5 Å². The van der Waals surface area contributed by atoms with Gasteiger partial charge < -0.3 is 9.64 Å². The lowest BCUT2D eigenvalue weighted by atomic mass is 9.94. The number of ether oxygens (including phenoxy) is 1. The Labute approximate surface area is 262 Å². The molecule has 6 nitrogen and oxygen atoms in total. The fourth-order valence-electron chi connectivity index (χ4n) is 4.88. The molecule has 0 aliphatic carbocycles. The van der Waals surface area contributed by atoms with Gasteiger partial charge in [0.1, 0.15) is 12.4 Å². The first-order valence-corrected chi connectivity index (χ1v) is 15.4. The van der Waals surface area contributed by atoms with Gasteiger partial charge in [0.15, 0.2) is 4.80 Å². The maximum absolute atomic E-state index is 14.0. The SMILES string of the molecule is CCN(CC)C(=O)C1=C(C)N=c2s/c(=C/c3cccc(OCc4ccc(Cl)c(Cl)c4)c3)c(=O)n2[C@@H]1c1ccc(Cl)cc1. The summed E-state index contributed by atoms with van der Waals surface area (Å²) in [6.07, 6.45) is 1.82. The lowest BCUT2D eigenvalue weighted by molar-refractivity contribution is -0.127. The summed E-state index contributed by atoms with van der Waals surface area (Å²) in [7, 11) is 0. The van der Waals surface area contributed by atoms with Gasteiger partial charge in [-0.2, -0.15) is 0 Å². The minimum absolute atomic E-state index is 0.137. The first-order chi connectivity index (χ1) is 20.2. The fourth-order valence-corrected chi connectivity index (χ4v) is 6.37. The van der Waals surface area contributed by atoms with Crippen molar-refractivity contribution in [3.05, 3.63) is 129 Å². The van der Waals surface area contributed by atoms with Crippen LogP contribution in [-0.2, 0) is 11.4 Å². The molecule has 4 aromatic rings. The molecule has 0 unspecified atom stereocenters. The average Bonchev–Trinajstić information content (AvgIpc) is 3.28. The number of carbonyl (C=O) groups is 1. The Bertz CT molecular complexity index is 1860. The van der Waals surface area contributed by atoms with E-state index >= 15 is 0 Å². The first-order valence-electron chi connectivity index (χ1n) is 13.4. The van der Waals surface area contributed by atoms with Crippen LogP contribution in [0.15, 0.2) is 87.8 Å². The van der Waals surface area contributed by atoms with Crippen molar-refractivity contribution < 1.29 is 9.53 Å². The maximum Gasteiger partial charge on any atom is 0.271 e. The number of amides is 1. The lowest BCUT2D eigenvalue weighted by Crippen LogP contribution is -2.43. The molecule has 1 amide bonds. The van der Waals surface area contributed by atoms with Gasteiger partial charge in [0.25, 0.3) is 11.5 Å². The van der Waals surface area contributed by atoms with Crippen molar-refractivity contribution in [2.24, 2.45) is 4.99 Å². The summed E-state index contributed by atoms with van der Waals surface area (Å²) >= 11 is 19.6. The molecule has 0 radical (unpaired) electrons. The van der Waals surface area contributed by atoms with Gasteiger partial charge in [-0.25, -0.2) is 4.99 Å². The number of rotatable bonds is 8. The highest BCUT2D eigenvalue weighted by Crippen LogP contribution is 2.32. The molecular weight excluding hydrogens is 613 g/mol. The van der Waals surface area contributed by atoms with Crippen LogP contribution < -0.4 is 19.6 Å². The molecule has 0 fully saturated rings. The van der Waals surface area contributed by atoms with E-state index in [0.717, 1.165) is 16.7 Å². The van der Waals surface area contributed by atoms with Crippen LogP contribution in [0.2, 0.25) is 15.1 Å². The number of hydrogen-bond acceptors (Lipinski definition) is 5. The molecule has 216 valence electrons. The Morgan fingerprint density at radius 1 is 1.02 bits per heavy atom. The number of aromatic nitrogens is 1. The van der Waals surface area contributed by atoms with E-state index < -0.39 is 6.04 Å². The van der Waals surface area contributed by atoms with Crippen molar-refractivity contribution in [3.8, 4) is 5.75 Å². The molecule has 2 heterocycles. The molecule has 1 aliphatic rings. The molecule has 10 heteroatoms. The van der Waals surface area contributed by atoms with E-state index in [9.17, 15) is 9.59 Å². The summed E-state index contributed by atoms with van der Waals surface area (Å²) in [6, 6.07) is 19.5. The molecule has 1 atom stereocenters. The Balaban J connectivity index is 1.54. The van der Waals surface area contributed by atoms with E-state index in [1.54, 1.807) is 33.7 Å². The van der Waals surface area contributed by atoms with Gasteiger partial charge in [-0.15, -0.1) is 0 Å². The van der Waals surface area contributed by atoms with E-state index in [1.807, 2.05) is 69.3 Å². The molecule has 1 aromatic heterocycles. The number of carbonyl (C=O) groups excluding carboxylic acids is 1. The predicted molar refractivity (Wildman–Crippen MR) is 170 cm³/mol. The number of allylic oxidation sites excluding steroid dienone is 1. The Morgan fingerprint density at radius 3 is 2.45 bits per heavy atom. The second kappa shape index (κ2) is 12.9. The number of halogens is 3. The van der Waals surface area contributed by atoms with Crippen LogP contribution in [0.4, 0.5) is 0 Å². The Morgan fingerprint density at radius 2 is 1.76 bits per heavy atom. The van der Waals surface area contributed by atoms with Crippen LogP contribution >= 0.6 is 46.1 Å². The van der Waals surface area contributed by atoms with E-state index in [-0.39, 0.29) is 11.5 Å². The number of fused-ring (bicyclic) bond motifs is 1. The second-order valence-electron chi connectivity index (χ2n) is 9.72. The third-order valence-electron chi connectivity index (χ3n) is 7.03. The van der Waals surface area contributed by atoms with Crippen molar-refractivity contribution in [3.63, 3.8) is 0 Å². The molecule has 1 aliphatic heterocycles. The molecule has 0 saturated heterocycles. The van der Waals surface area contributed by atoms with Gasteiger partial charge in [-0.1, -0.05) is 76.5 Å². The zero-order chi connectivity index (χ0) is 30.0. The minimum Gasteiger partial charge on any atom is -0.489 e. The first kappa shape index (κ1) is 30.1. The summed E-state index contributed by atoms with van der Waals surface area (Å²) < 4.78 is 8.10. The van der Waals surface area contributed by atoms with Crippen LogP contribution in [0.25, 0.3) is 6.08 Å². The largest absolute Gasteiger partial charge is 0.489 e. The topological polar surface area (TPSA) is 63.9 Å². The quantitative estimate of drug-likeness (QED) is 0.217. The number of hydrogen-bond donors (Lipinski definition) is 0. The zero-order valence-electron chi connectivity index (χ0n) is 23.2. The summed E-state index contributed by atoms with van der Waals surface area (Å²) in [4.78, 5) is 34.7. The van der Waals surface area contributed by atoms with Gasteiger partial charge in [0.05, 0.1) is 31.9 Å². The van der Waals surface area contributed by atoms with E-state index in [0.29, 0.717) is 61.1 Å². The number of thiazole rings is 1. The minimum atomic E-state index is -0.630. The van der Waals surface area contributed by atoms with Gasteiger partial charge in [-0.05, 0) is 79.9 Å². The fraction of sp³-hybridized carbons (Fsp3) is 0.219. The highest BCUT2D eigenvalue weighted by atomic mass is 35.5. The number of likely N-dealkylation sites (N-methyl/N-ethyl adjacent to an activating group) is 1. The third kappa shape index (κ3) is 6.20. The predicted octanol–water partition coefficient (Wildman–Crippen LogP) is 6.64. The van der Waals surface area contributed by atoms with Crippen molar-refractivity contribution in [2.45, 2.75) is 33.4 Å². The standard InChI is InChI=1S/C32H28Cl3N3O3S/c1-4-37(5-2)31(40)28-19(3)36-32-38(29(28)22-10-12-23(33)13-11-22)30(39)27(42-32)17-20-7-6-8-24(15-20)41-18-21-9-14-25(34)26(35)16-21/h6-17,29H,4-5,18H2,1-3H3/b27-17+/t29-/m1/s1. The molecule has 0 bridgehead atoms. The van der Waals surface area contributed by atoms with Gasteiger partial charge in [-0.3, -0.25) is 14.2 Å².